The zero-order valence-corrected chi connectivity index (χ0v) is 15.8. The van der Waals surface area contributed by atoms with Gasteiger partial charge in [0.2, 0.25) is 0 Å². The molecule has 1 fully saturated rings. The van der Waals surface area contributed by atoms with Crippen LogP contribution in [0.2, 0.25) is 0 Å². The van der Waals surface area contributed by atoms with Gasteiger partial charge in [-0.15, -0.1) is 11.3 Å². The molecule has 1 saturated heterocycles. The largest absolute Gasteiger partial charge is 0.390 e. The smallest absolute Gasteiger partial charge is 0.125 e. The number of likely N-dealkylation sites (tertiary alicyclic amines) is 1. The molecule has 7 heteroatoms. The number of fused-ring (bicyclic) bond motifs is 1. The van der Waals surface area contributed by atoms with Crippen molar-refractivity contribution in [2.75, 3.05) is 20.1 Å². The summed E-state index contributed by atoms with van der Waals surface area (Å²) in [5.74, 6) is 0.513. The fourth-order valence-electron chi connectivity index (χ4n) is 3.66. The molecule has 3 aromatic rings. The van der Waals surface area contributed by atoms with Crippen molar-refractivity contribution >= 4 is 22.4 Å². The second-order valence-electron chi connectivity index (χ2n) is 7.10. The average molecular weight is 374 g/mol. The highest BCUT2D eigenvalue weighted by molar-refractivity contribution is 7.11. The van der Waals surface area contributed by atoms with Gasteiger partial charge in [-0.05, 0) is 44.3 Å². The molecule has 2 atom stereocenters. The lowest BCUT2D eigenvalue weighted by atomic mass is 10.2. The number of rotatable bonds is 5. The third-order valence-corrected chi connectivity index (χ3v) is 5.95. The van der Waals surface area contributed by atoms with E-state index in [0.717, 1.165) is 24.4 Å². The summed E-state index contributed by atoms with van der Waals surface area (Å²) >= 11 is 1.81. The first-order chi connectivity index (χ1) is 12.5. The number of aromatic nitrogens is 2. The third kappa shape index (κ3) is 3.66. The summed E-state index contributed by atoms with van der Waals surface area (Å²) in [6.45, 7) is 5.08. The van der Waals surface area contributed by atoms with Crippen molar-refractivity contribution < 1.29 is 9.50 Å². The minimum absolute atomic E-state index is 0.0565. The molecule has 4 rings (SSSR count). The molecule has 1 aliphatic heterocycles. The van der Waals surface area contributed by atoms with Crippen LogP contribution >= 0.6 is 11.3 Å². The highest BCUT2D eigenvalue weighted by Gasteiger charge is 2.34. The number of aliphatic hydroxyl groups is 1. The van der Waals surface area contributed by atoms with Crippen LogP contribution in [0.15, 0.2) is 30.3 Å². The second-order valence-corrected chi connectivity index (χ2v) is 8.47. The van der Waals surface area contributed by atoms with Crippen LogP contribution in [0.1, 0.15) is 15.6 Å². The van der Waals surface area contributed by atoms with E-state index < -0.39 is 0 Å². The molecular weight excluding hydrogens is 351 g/mol. The number of aryl methyl sites for hydroxylation is 1. The van der Waals surface area contributed by atoms with Crippen LogP contribution in [0.25, 0.3) is 11.0 Å². The Morgan fingerprint density at radius 1 is 1.35 bits per heavy atom. The molecule has 2 N–H and O–H groups in total. The molecule has 0 unspecified atom stereocenters. The first-order valence-corrected chi connectivity index (χ1v) is 9.60. The lowest BCUT2D eigenvalue weighted by Crippen LogP contribution is -2.40. The first kappa shape index (κ1) is 17.6. The zero-order chi connectivity index (χ0) is 18.3. The molecule has 0 aliphatic carbocycles. The first-order valence-electron chi connectivity index (χ1n) is 8.78. The lowest BCUT2D eigenvalue weighted by molar-refractivity contribution is 0.0937. The van der Waals surface area contributed by atoms with Crippen LogP contribution < -0.4 is 0 Å². The van der Waals surface area contributed by atoms with Crippen molar-refractivity contribution in [3.63, 3.8) is 0 Å². The van der Waals surface area contributed by atoms with Gasteiger partial charge in [-0.2, -0.15) is 0 Å². The molecule has 138 valence electrons. The number of likely N-dealkylation sites (N-methyl/N-ethyl adjacent to an activating group) is 1. The Hall–Kier alpha value is -1.80. The van der Waals surface area contributed by atoms with Crippen molar-refractivity contribution in [1.82, 2.24) is 19.8 Å². The molecule has 0 amide bonds. The number of H-pyrrole nitrogens is 1. The highest BCUT2D eigenvalue weighted by Crippen LogP contribution is 2.23. The van der Waals surface area contributed by atoms with E-state index in [1.165, 1.54) is 21.9 Å². The van der Waals surface area contributed by atoms with Gasteiger partial charge in [0.05, 0.1) is 23.7 Å². The van der Waals surface area contributed by atoms with E-state index in [0.29, 0.717) is 18.6 Å². The van der Waals surface area contributed by atoms with E-state index in [2.05, 4.69) is 38.8 Å². The maximum absolute atomic E-state index is 13.3. The monoisotopic (exact) mass is 374 g/mol. The number of aliphatic hydroxyl groups excluding tert-OH is 1. The number of aromatic amines is 1. The summed E-state index contributed by atoms with van der Waals surface area (Å²) in [5, 5.41) is 10.5. The van der Waals surface area contributed by atoms with Crippen LogP contribution in [0.5, 0.6) is 0 Å². The predicted octanol–water partition coefficient (Wildman–Crippen LogP) is 2.75. The van der Waals surface area contributed by atoms with Gasteiger partial charge in [0.25, 0.3) is 0 Å². The van der Waals surface area contributed by atoms with Crippen LogP contribution in [0.3, 0.4) is 0 Å². The summed E-state index contributed by atoms with van der Waals surface area (Å²) in [6.07, 6.45) is -0.386. The van der Waals surface area contributed by atoms with Gasteiger partial charge in [0.1, 0.15) is 11.6 Å². The van der Waals surface area contributed by atoms with Gasteiger partial charge in [-0.1, -0.05) is 0 Å². The number of imidazole rings is 1. The number of thiophene rings is 1. The number of hydrogen-bond donors (Lipinski definition) is 2. The predicted molar refractivity (Wildman–Crippen MR) is 102 cm³/mol. The fourth-order valence-corrected chi connectivity index (χ4v) is 4.60. The lowest BCUT2D eigenvalue weighted by Gasteiger charge is -2.25. The van der Waals surface area contributed by atoms with E-state index >= 15 is 0 Å². The molecule has 1 aliphatic rings. The molecular formula is C19H23FN4OS. The Kier molecular flexibility index (Phi) is 4.79. The summed E-state index contributed by atoms with van der Waals surface area (Å²) < 4.78 is 13.3. The number of nitrogens with zero attached hydrogens (tertiary/aromatic N) is 3. The van der Waals surface area contributed by atoms with Crippen molar-refractivity contribution in [3.8, 4) is 0 Å². The fraction of sp³-hybridized carbons (Fsp3) is 0.421. The van der Waals surface area contributed by atoms with Crippen LogP contribution in [0, 0.1) is 12.7 Å². The van der Waals surface area contributed by atoms with E-state index in [-0.39, 0.29) is 18.0 Å². The number of nitrogens with one attached hydrogen (secondary N) is 1. The quantitative estimate of drug-likeness (QED) is 0.721. The summed E-state index contributed by atoms with van der Waals surface area (Å²) in [6, 6.07) is 8.92. The van der Waals surface area contributed by atoms with Crippen molar-refractivity contribution in [2.45, 2.75) is 32.2 Å². The Morgan fingerprint density at radius 3 is 2.96 bits per heavy atom. The Morgan fingerprint density at radius 2 is 2.19 bits per heavy atom. The number of halogens is 1. The molecule has 0 radical (unpaired) electrons. The molecule has 0 spiro atoms. The number of β-amino-alcohol motifs (C(OH)–C–C–N with tert-alkyl or cyclic N) is 1. The van der Waals surface area contributed by atoms with Crippen LogP contribution in [-0.4, -0.2) is 57.2 Å². The molecule has 1 aromatic carbocycles. The van der Waals surface area contributed by atoms with Crippen LogP contribution in [0.4, 0.5) is 4.39 Å². The SMILES string of the molecule is Cc1ccc(CN2C[C@H](O)[C@@H](N(C)Cc3nc4ccc(F)cc4[nH]3)C2)s1. The minimum Gasteiger partial charge on any atom is -0.390 e. The van der Waals surface area contributed by atoms with E-state index in [1.54, 1.807) is 6.07 Å². The number of hydrogen-bond acceptors (Lipinski definition) is 5. The van der Waals surface area contributed by atoms with Crippen molar-refractivity contribution in [1.29, 1.82) is 0 Å². The molecule has 5 nitrogen and oxygen atoms in total. The summed E-state index contributed by atoms with van der Waals surface area (Å²) in [5.41, 5.74) is 1.46. The topological polar surface area (TPSA) is 55.4 Å². The maximum Gasteiger partial charge on any atom is 0.125 e. The Bertz CT molecular complexity index is 908. The summed E-state index contributed by atoms with van der Waals surface area (Å²) in [7, 11) is 2.00. The molecule has 0 bridgehead atoms. The highest BCUT2D eigenvalue weighted by atomic mass is 32.1. The Balaban J connectivity index is 1.41. The van der Waals surface area contributed by atoms with Gasteiger partial charge in [-0.3, -0.25) is 9.80 Å². The molecule has 3 heterocycles. The summed E-state index contributed by atoms with van der Waals surface area (Å²) in [4.78, 5) is 14.8. The molecule has 2 aromatic heterocycles. The van der Waals surface area contributed by atoms with E-state index in [9.17, 15) is 9.50 Å². The van der Waals surface area contributed by atoms with Gasteiger partial charge >= 0.3 is 0 Å². The van der Waals surface area contributed by atoms with Gasteiger partial charge < -0.3 is 10.1 Å². The number of benzene rings is 1. The normalized spacial score (nSPS) is 21.3. The standard InChI is InChI=1S/C19H23FN4OS/c1-12-3-5-14(26-12)8-24-9-17(18(25)10-24)23(2)11-19-21-15-6-4-13(20)7-16(15)22-19/h3-7,17-18,25H,8-11H2,1-2H3,(H,21,22)/t17-,18-/m0/s1. The molecule has 26 heavy (non-hydrogen) atoms. The second kappa shape index (κ2) is 7.08. The minimum atomic E-state index is -0.386. The molecule has 0 saturated carbocycles. The average Bonchev–Trinajstić information content (AvgIpc) is 3.26. The third-order valence-electron chi connectivity index (χ3n) is 4.97. The Labute approximate surface area is 156 Å². The van der Waals surface area contributed by atoms with Crippen LogP contribution in [-0.2, 0) is 13.1 Å². The van der Waals surface area contributed by atoms with Crippen molar-refractivity contribution in [3.05, 3.63) is 51.7 Å². The maximum atomic E-state index is 13.3. The van der Waals surface area contributed by atoms with Gasteiger partial charge in [0.15, 0.2) is 0 Å². The van der Waals surface area contributed by atoms with E-state index in [4.69, 9.17) is 0 Å². The van der Waals surface area contributed by atoms with Crippen molar-refractivity contribution in [2.24, 2.45) is 0 Å². The van der Waals surface area contributed by atoms with Gasteiger partial charge in [-0.25, -0.2) is 9.37 Å². The zero-order valence-electron chi connectivity index (χ0n) is 14.9. The van der Waals surface area contributed by atoms with E-state index in [1.807, 2.05) is 18.4 Å². The van der Waals surface area contributed by atoms with Gasteiger partial charge in [0, 0.05) is 35.4 Å².